The van der Waals surface area contributed by atoms with Crippen LogP contribution in [0.25, 0.3) is 0 Å². The highest BCUT2D eigenvalue weighted by atomic mass is 32.2. The zero-order chi connectivity index (χ0) is 15.4. The van der Waals surface area contributed by atoms with E-state index in [4.69, 9.17) is 0 Å². The summed E-state index contributed by atoms with van der Waals surface area (Å²) in [4.78, 5) is 11.6. The molecule has 0 aliphatic carbocycles. The highest BCUT2D eigenvalue weighted by Crippen LogP contribution is 2.14. The number of benzene rings is 1. The van der Waals surface area contributed by atoms with E-state index in [9.17, 15) is 17.6 Å². The number of hydrogen-bond donors (Lipinski definition) is 2. The molecule has 0 spiro atoms. The summed E-state index contributed by atoms with van der Waals surface area (Å²) in [5.41, 5.74) is 0.0988. The Morgan fingerprint density at radius 1 is 1.30 bits per heavy atom. The van der Waals surface area contributed by atoms with Crippen LogP contribution in [0.3, 0.4) is 0 Å². The van der Waals surface area contributed by atoms with E-state index in [0.29, 0.717) is 0 Å². The minimum atomic E-state index is -3.22. The van der Waals surface area contributed by atoms with E-state index in [1.54, 1.807) is 19.9 Å². The van der Waals surface area contributed by atoms with Gasteiger partial charge in [0.2, 0.25) is 5.91 Å². The molecule has 0 unspecified atom stereocenters. The molecule has 0 radical (unpaired) electrons. The van der Waals surface area contributed by atoms with Gasteiger partial charge in [0, 0.05) is 12.8 Å². The standard InChI is InChI=1S/C13H19FN2O3S/c1-13(2,20(3,18)19)9-15-8-12(17)16-11-7-5-4-6-10(11)14/h4-7,15H,8-9H2,1-3H3,(H,16,17). The van der Waals surface area contributed by atoms with E-state index < -0.39 is 26.3 Å². The van der Waals surface area contributed by atoms with Crippen LogP contribution in [-0.2, 0) is 14.6 Å². The van der Waals surface area contributed by atoms with Crippen molar-refractivity contribution >= 4 is 21.4 Å². The van der Waals surface area contributed by atoms with Crippen LogP contribution in [0.2, 0.25) is 0 Å². The Hall–Kier alpha value is -1.47. The van der Waals surface area contributed by atoms with Crippen molar-refractivity contribution in [2.75, 3.05) is 24.7 Å². The molecule has 5 nitrogen and oxygen atoms in total. The summed E-state index contributed by atoms with van der Waals surface area (Å²) in [6.07, 6.45) is 1.15. The molecule has 1 aromatic rings. The van der Waals surface area contributed by atoms with Gasteiger partial charge in [-0.25, -0.2) is 12.8 Å². The predicted molar refractivity (Wildman–Crippen MR) is 76.8 cm³/mol. The van der Waals surface area contributed by atoms with Gasteiger partial charge in [0.25, 0.3) is 0 Å². The van der Waals surface area contributed by atoms with Gasteiger partial charge in [0.05, 0.1) is 17.0 Å². The van der Waals surface area contributed by atoms with Gasteiger partial charge in [-0.3, -0.25) is 4.79 Å². The topological polar surface area (TPSA) is 75.3 Å². The summed E-state index contributed by atoms with van der Waals surface area (Å²) < 4.78 is 35.3. The van der Waals surface area contributed by atoms with Crippen molar-refractivity contribution < 1.29 is 17.6 Å². The molecule has 0 heterocycles. The molecule has 1 amide bonds. The Kier molecular flexibility index (Phi) is 5.24. The average Bonchev–Trinajstić information content (AvgIpc) is 2.30. The second-order valence-corrected chi connectivity index (χ2v) is 7.81. The molecule has 1 aromatic carbocycles. The van der Waals surface area contributed by atoms with Crippen LogP contribution in [0.1, 0.15) is 13.8 Å². The van der Waals surface area contributed by atoms with Crippen molar-refractivity contribution in [1.29, 1.82) is 0 Å². The minimum Gasteiger partial charge on any atom is -0.322 e. The van der Waals surface area contributed by atoms with Gasteiger partial charge in [0.15, 0.2) is 9.84 Å². The lowest BCUT2D eigenvalue weighted by Crippen LogP contribution is -2.43. The van der Waals surface area contributed by atoms with Gasteiger partial charge in [-0.05, 0) is 26.0 Å². The number of carbonyl (C=O) groups excluding carboxylic acids is 1. The summed E-state index contributed by atoms with van der Waals surface area (Å²) in [6, 6.07) is 5.83. The number of carbonyl (C=O) groups is 1. The molecule has 0 saturated carbocycles. The van der Waals surface area contributed by atoms with E-state index in [1.165, 1.54) is 18.2 Å². The van der Waals surface area contributed by atoms with E-state index in [1.807, 2.05) is 0 Å². The van der Waals surface area contributed by atoms with Crippen LogP contribution in [0, 0.1) is 5.82 Å². The van der Waals surface area contributed by atoms with Gasteiger partial charge in [0.1, 0.15) is 5.82 Å². The molecule has 1 rings (SSSR count). The molecule has 0 bridgehead atoms. The number of nitrogens with one attached hydrogen (secondary N) is 2. The Bertz CT molecular complexity index is 585. The fourth-order valence-corrected chi connectivity index (χ4v) is 1.73. The quantitative estimate of drug-likeness (QED) is 0.827. The second-order valence-electron chi connectivity index (χ2n) is 5.16. The third-order valence-electron chi connectivity index (χ3n) is 2.99. The highest BCUT2D eigenvalue weighted by molar-refractivity contribution is 7.92. The summed E-state index contributed by atoms with van der Waals surface area (Å²) in [7, 11) is -3.22. The maximum atomic E-state index is 13.3. The zero-order valence-corrected chi connectivity index (χ0v) is 12.6. The van der Waals surface area contributed by atoms with Crippen molar-refractivity contribution in [3.63, 3.8) is 0 Å². The molecule has 112 valence electrons. The number of halogens is 1. The van der Waals surface area contributed by atoms with Crippen molar-refractivity contribution in [1.82, 2.24) is 5.32 Å². The number of hydrogen-bond acceptors (Lipinski definition) is 4. The number of rotatable bonds is 6. The first kappa shape index (κ1) is 16.6. The summed E-state index contributed by atoms with van der Waals surface area (Å²) in [6.45, 7) is 3.19. The molecule has 0 fully saturated rings. The summed E-state index contributed by atoms with van der Waals surface area (Å²) in [5, 5.41) is 5.17. The normalized spacial score (nSPS) is 12.2. The average molecular weight is 302 g/mol. The van der Waals surface area contributed by atoms with Crippen molar-refractivity contribution in [3.05, 3.63) is 30.1 Å². The predicted octanol–water partition coefficient (Wildman–Crippen LogP) is 1.18. The molecule has 0 saturated heterocycles. The smallest absolute Gasteiger partial charge is 0.238 e. The van der Waals surface area contributed by atoms with E-state index in [-0.39, 0.29) is 18.8 Å². The van der Waals surface area contributed by atoms with Gasteiger partial charge >= 0.3 is 0 Å². The van der Waals surface area contributed by atoms with Gasteiger partial charge in [-0.1, -0.05) is 12.1 Å². The van der Waals surface area contributed by atoms with Crippen LogP contribution >= 0.6 is 0 Å². The maximum Gasteiger partial charge on any atom is 0.238 e. The van der Waals surface area contributed by atoms with Gasteiger partial charge < -0.3 is 10.6 Å². The molecular formula is C13H19FN2O3S. The number of amides is 1. The molecule has 0 aliphatic rings. The molecule has 20 heavy (non-hydrogen) atoms. The zero-order valence-electron chi connectivity index (χ0n) is 11.7. The first-order valence-electron chi connectivity index (χ1n) is 6.08. The fourth-order valence-electron chi connectivity index (χ4n) is 1.37. The molecule has 0 aromatic heterocycles. The summed E-state index contributed by atoms with van der Waals surface area (Å²) >= 11 is 0. The minimum absolute atomic E-state index is 0.0900. The first-order chi connectivity index (χ1) is 9.13. The maximum absolute atomic E-state index is 13.3. The SMILES string of the molecule is CC(C)(CNCC(=O)Nc1ccccc1F)S(C)(=O)=O. The largest absolute Gasteiger partial charge is 0.322 e. The second kappa shape index (κ2) is 6.32. The highest BCUT2D eigenvalue weighted by Gasteiger charge is 2.29. The van der Waals surface area contributed by atoms with E-state index in [2.05, 4.69) is 10.6 Å². The third kappa shape index (κ3) is 4.57. The monoisotopic (exact) mass is 302 g/mol. The van der Waals surface area contributed by atoms with Crippen LogP contribution in [0.15, 0.2) is 24.3 Å². The first-order valence-corrected chi connectivity index (χ1v) is 7.97. The van der Waals surface area contributed by atoms with Crippen LogP contribution in [-0.4, -0.2) is 38.4 Å². The molecule has 0 aliphatic heterocycles. The Balaban J connectivity index is 2.48. The number of anilines is 1. The lowest BCUT2D eigenvalue weighted by Gasteiger charge is -2.22. The molecule has 2 N–H and O–H groups in total. The molecule has 0 atom stereocenters. The Morgan fingerprint density at radius 3 is 2.45 bits per heavy atom. The third-order valence-corrected chi connectivity index (χ3v) is 5.14. The number of para-hydroxylation sites is 1. The van der Waals surface area contributed by atoms with Gasteiger partial charge in [-0.2, -0.15) is 0 Å². The van der Waals surface area contributed by atoms with Crippen LogP contribution < -0.4 is 10.6 Å². The van der Waals surface area contributed by atoms with Crippen molar-refractivity contribution in [2.45, 2.75) is 18.6 Å². The van der Waals surface area contributed by atoms with E-state index in [0.717, 1.165) is 6.26 Å². The van der Waals surface area contributed by atoms with Gasteiger partial charge in [-0.15, -0.1) is 0 Å². The fraction of sp³-hybridized carbons (Fsp3) is 0.462. The Labute approximate surface area is 118 Å². The van der Waals surface area contributed by atoms with E-state index >= 15 is 0 Å². The van der Waals surface area contributed by atoms with Crippen LogP contribution in [0.4, 0.5) is 10.1 Å². The summed E-state index contributed by atoms with van der Waals surface area (Å²) in [5.74, 6) is -0.947. The van der Waals surface area contributed by atoms with Crippen molar-refractivity contribution in [2.24, 2.45) is 0 Å². The lowest BCUT2D eigenvalue weighted by atomic mass is 10.2. The molecule has 7 heteroatoms. The van der Waals surface area contributed by atoms with Crippen molar-refractivity contribution in [3.8, 4) is 0 Å². The molecular weight excluding hydrogens is 283 g/mol. The lowest BCUT2D eigenvalue weighted by molar-refractivity contribution is -0.115. The van der Waals surface area contributed by atoms with Crippen LogP contribution in [0.5, 0.6) is 0 Å². The Morgan fingerprint density at radius 2 is 1.90 bits per heavy atom. The number of sulfone groups is 1.